The fraction of sp³-hybridized carbons (Fsp3) is 0.350. The third kappa shape index (κ3) is 5.25. The molecule has 1 aliphatic rings. The van der Waals surface area contributed by atoms with Gasteiger partial charge in [-0.15, -0.1) is 11.8 Å². The Kier molecular flexibility index (Phi) is 7.00. The molecule has 1 heterocycles. The van der Waals surface area contributed by atoms with E-state index in [2.05, 4.69) is 33.4 Å². The van der Waals surface area contributed by atoms with Gasteiger partial charge < -0.3 is 14.8 Å². The Morgan fingerprint density at radius 2 is 2.12 bits per heavy atom. The molecule has 0 saturated carbocycles. The summed E-state index contributed by atoms with van der Waals surface area (Å²) in [6.45, 7) is 1.85. The highest BCUT2D eigenvalue weighted by Crippen LogP contribution is 2.27. The van der Waals surface area contributed by atoms with E-state index >= 15 is 0 Å². The lowest BCUT2D eigenvalue weighted by molar-refractivity contribution is 0.0677. The van der Waals surface area contributed by atoms with Crippen molar-refractivity contribution in [1.82, 2.24) is 5.32 Å². The standard InChI is InChI=1S/C20H22BrNO3S/c1-26-17-7-4-14(5-8-17)12-22-20(23)15-6-9-19(18(21)11-15)25-13-16-3-2-10-24-16/h4-9,11,16H,2-3,10,12-13H2,1H3,(H,22,23). The molecule has 1 N–H and O–H groups in total. The molecular formula is C20H22BrNO3S. The van der Waals surface area contributed by atoms with Gasteiger partial charge in [-0.2, -0.15) is 0 Å². The Labute approximate surface area is 166 Å². The summed E-state index contributed by atoms with van der Waals surface area (Å²) in [6.07, 6.45) is 4.34. The molecule has 1 fully saturated rings. The lowest BCUT2D eigenvalue weighted by Gasteiger charge is -2.13. The van der Waals surface area contributed by atoms with E-state index in [1.807, 2.05) is 24.5 Å². The molecule has 4 nitrogen and oxygen atoms in total. The number of nitrogens with one attached hydrogen (secondary N) is 1. The maximum absolute atomic E-state index is 12.4. The third-order valence-corrected chi connectivity index (χ3v) is 5.62. The number of amides is 1. The lowest BCUT2D eigenvalue weighted by atomic mass is 10.2. The first-order valence-corrected chi connectivity index (χ1v) is 10.6. The van der Waals surface area contributed by atoms with Gasteiger partial charge in [-0.05, 0) is 70.9 Å². The highest BCUT2D eigenvalue weighted by molar-refractivity contribution is 9.10. The number of benzene rings is 2. The number of carbonyl (C=O) groups is 1. The van der Waals surface area contributed by atoms with E-state index in [4.69, 9.17) is 9.47 Å². The van der Waals surface area contributed by atoms with Crippen LogP contribution in [0.4, 0.5) is 0 Å². The van der Waals surface area contributed by atoms with Crippen molar-refractivity contribution in [3.63, 3.8) is 0 Å². The minimum atomic E-state index is -0.106. The minimum absolute atomic E-state index is 0.106. The van der Waals surface area contributed by atoms with Crippen molar-refractivity contribution in [3.05, 3.63) is 58.1 Å². The molecule has 138 valence electrons. The summed E-state index contributed by atoms with van der Waals surface area (Å²) < 4.78 is 12.1. The Bertz CT molecular complexity index is 745. The number of carbonyl (C=O) groups excluding carboxylic acids is 1. The van der Waals surface area contributed by atoms with E-state index < -0.39 is 0 Å². The molecule has 1 unspecified atom stereocenters. The van der Waals surface area contributed by atoms with Gasteiger partial charge >= 0.3 is 0 Å². The molecule has 2 aromatic carbocycles. The summed E-state index contributed by atoms with van der Waals surface area (Å²) in [4.78, 5) is 13.6. The number of rotatable bonds is 7. The van der Waals surface area contributed by atoms with Crippen LogP contribution in [0, 0.1) is 0 Å². The van der Waals surface area contributed by atoms with Crippen molar-refractivity contribution in [2.75, 3.05) is 19.5 Å². The van der Waals surface area contributed by atoms with Crippen LogP contribution in [-0.2, 0) is 11.3 Å². The van der Waals surface area contributed by atoms with Crippen LogP contribution in [0.3, 0.4) is 0 Å². The van der Waals surface area contributed by atoms with Crippen LogP contribution < -0.4 is 10.1 Å². The zero-order valence-corrected chi connectivity index (χ0v) is 17.1. The van der Waals surface area contributed by atoms with Gasteiger partial charge in [-0.25, -0.2) is 0 Å². The van der Waals surface area contributed by atoms with Crippen LogP contribution in [0.2, 0.25) is 0 Å². The number of thioether (sulfide) groups is 1. The normalized spacial score (nSPS) is 16.5. The molecule has 0 bridgehead atoms. The molecule has 2 aromatic rings. The van der Waals surface area contributed by atoms with E-state index in [9.17, 15) is 4.79 Å². The van der Waals surface area contributed by atoms with Gasteiger partial charge in [0.25, 0.3) is 5.91 Å². The maximum atomic E-state index is 12.4. The van der Waals surface area contributed by atoms with Crippen molar-refractivity contribution in [1.29, 1.82) is 0 Å². The zero-order chi connectivity index (χ0) is 18.4. The molecule has 0 aromatic heterocycles. The molecule has 1 amide bonds. The molecule has 1 aliphatic heterocycles. The average Bonchev–Trinajstić information content (AvgIpc) is 3.19. The molecule has 1 atom stereocenters. The fourth-order valence-electron chi connectivity index (χ4n) is 2.75. The predicted molar refractivity (Wildman–Crippen MR) is 108 cm³/mol. The van der Waals surface area contributed by atoms with Gasteiger partial charge in [0.1, 0.15) is 12.4 Å². The molecule has 6 heteroatoms. The molecule has 0 aliphatic carbocycles. The fourth-order valence-corrected chi connectivity index (χ4v) is 3.65. The molecule has 1 saturated heterocycles. The van der Waals surface area contributed by atoms with Crippen molar-refractivity contribution in [2.45, 2.75) is 30.4 Å². The van der Waals surface area contributed by atoms with Gasteiger partial charge in [0, 0.05) is 23.6 Å². The quantitative estimate of drug-likeness (QED) is 0.642. The van der Waals surface area contributed by atoms with Crippen LogP contribution in [-0.4, -0.2) is 31.5 Å². The monoisotopic (exact) mass is 435 g/mol. The summed E-state index contributed by atoms with van der Waals surface area (Å²) >= 11 is 5.19. The lowest BCUT2D eigenvalue weighted by Crippen LogP contribution is -2.22. The number of halogens is 1. The summed E-state index contributed by atoms with van der Waals surface area (Å²) in [5, 5.41) is 2.95. The first-order chi connectivity index (χ1) is 12.7. The van der Waals surface area contributed by atoms with Gasteiger partial charge in [-0.1, -0.05) is 12.1 Å². The van der Waals surface area contributed by atoms with Crippen molar-refractivity contribution in [2.24, 2.45) is 0 Å². The SMILES string of the molecule is CSc1ccc(CNC(=O)c2ccc(OCC3CCCO3)c(Br)c2)cc1. The maximum Gasteiger partial charge on any atom is 0.251 e. The molecule has 26 heavy (non-hydrogen) atoms. The Morgan fingerprint density at radius 3 is 2.77 bits per heavy atom. The van der Waals surface area contributed by atoms with Gasteiger partial charge in [0.15, 0.2) is 0 Å². The Morgan fingerprint density at radius 1 is 1.31 bits per heavy atom. The second-order valence-corrected chi connectivity index (χ2v) is 7.86. The molecule has 0 radical (unpaired) electrons. The van der Waals surface area contributed by atoms with Gasteiger partial charge in [-0.3, -0.25) is 4.79 Å². The number of hydrogen-bond acceptors (Lipinski definition) is 4. The van der Waals surface area contributed by atoms with E-state index in [-0.39, 0.29) is 12.0 Å². The molecule has 3 rings (SSSR count). The summed E-state index contributed by atoms with van der Waals surface area (Å²) in [5.74, 6) is 0.620. The van der Waals surface area contributed by atoms with Crippen LogP contribution in [0.15, 0.2) is 51.8 Å². The summed E-state index contributed by atoms with van der Waals surface area (Å²) in [5.41, 5.74) is 1.67. The second kappa shape index (κ2) is 9.44. The highest BCUT2D eigenvalue weighted by Gasteiger charge is 2.17. The van der Waals surface area contributed by atoms with Crippen molar-refractivity contribution >= 4 is 33.6 Å². The molecule has 0 spiro atoms. The topological polar surface area (TPSA) is 47.6 Å². The zero-order valence-electron chi connectivity index (χ0n) is 14.7. The number of ether oxygens (including phenoxy) is 2. The van der Waals surface area contributed by atoms with Crippen LogP contribution in [0.5, 0.6) is 5.75 Å². The summed E-state index contributed by atoms with van der Waals surface area (Å²) in [7, 11) is 0. The van der Waals surface area contributed by atoms with E-state index in [1.165, 1.54) is 4.90 Å². The number of hydrogen-bond donors (Lipinski definition) is 1. The average molecular weight is 436 g/mol. The van der Waals surface area contributed by atoms with Crippen LogP contribution in [0.1, 0.15) is 28.8 Å². The highest BCUT2D eigenvalue weighted by atomic mass is 79.9. The van der Waals surface area contributed by atoms with E-state index in [1.54, 1.807) is 23.9 Å². The minimum Gasteiger partial charge on any atom is -0.490 e. The van der Waals surface area contributed by atoms with Crippen molar-refractivity contribution < 1.29 is 14.3 Å². The first kappa shape index (κ1) is 19.3. The largest absolute Gasteiger partial charge is 0.490 e. The van der Waals surface area contributed by atoms with Gasteiger partial charge in [0.2, 0.25) is 0 Å². The van der Waals surface area contributed by atoms with Crippen molar-refractivity contribution in [3.8, 4) is 5.75 Å². The van der Waals surface area contributed by atoms with E-state index in [0.717, 1.165) is 35.2 Å². The summed E-state index contributed by atoms with van der Waals surface area (Å²) in [6, 6.07) is 13.6. The predicted octanol–water partition coefficient (Wildman–Crippen LogP) is 4.66. The molecular weight excluding hydrogens is 414 g/mol. The Balaban J connectivity index is 1.54. The van der Waals surface area contributed by atoms with E-state index in [0.29, 0.717) is 18.7 Å². The Hall–Kier alpha value is -1.50. The van der Waals surface area contributed by atoms with Crippen LogP contribution in [0.25, 0.3) is 0 Å². The second-order valence-electron chi connectivity index (χ2n) is 6.12. The van der Waals surface area contributed by atoms with Gasteiger partial charge in [0.05, 0.1) is 10.6 Å². The first-order valence-electron chi connectivity index (χ1n) is 8.61. The smallest absolute Gasteiger partial charge is 0.251 e. The third-order valence-electron chi connectivity index (χ3n) is 4.25. The van der Waals surface area contributed by atoms with Crippen LogP contribution >= 0.6 is 27.7 Å².